The molecule has 1 aromatic carbocycles. The summed E-state index contributed by atoms with van der Waals surface area (Å²) in [7, 11) is 0. The zero-order chi connectivity index (χ0) is 18.6. The molecule has 2 fully saturated rings. The lowest BCUT2D eigenvalue weighted by atomic mass is 9.79. The van der Waals surface area contributed by atoms with Crippen LogP contribution in [0.4, 0.5) is 0 Å². The second kappa shape index (κ2) is 8.07. The second-order valence-electron chi connectivity index (χ2n) is 7.65. The third-order valence-corrected chi connectivity index (χ3v) is 5.80. The molecule has 2 saturated heterocycles. The molecule has 4 heteroatoms. The first-order chi connectivity index (χ1) is 12.6. The molecule has 0 radical (unpaired) electrons. The number of nitrogens with zero attached hydrogens (tertiary/aromatic N) is 2. The molecule has 26 heavy (non-hydrogen) atoms. The fraction of sp³-hybridized carbons (Fsp3) is 0.545. The van der Waals surface area contributed by atoms with Crippen molar-refractivity contribution in [3.63, 3.8) is 0 Å². The first kappa shape index (κ1) is 18.7. The molecular formula is C22H30N2O2. The van der Waals surface area contributed by atoms with Crippen LogP contribution in [0.2, 0.25) is 0 Å². The molecule has 140 valence electrons. The molecule has 3 rings (SSSR count). The van der Waals surface area contributed by atoms with Crippen molar-refractivity contribution in [3.8, 4) is 0 Å². The van der Waals surface area contributed by atoms with E-state index in [0.717, 1.165) is 50.6 Å². The van der Waals surface area contributed by atoms with Crippen LogP contribution in [-0.4, -0.2) is 46.8 Å². The molecular weight excluding hydrogens is 324 g/mol. The lowest BCUT2D eigenvalue weighted by Crippen LogP contribution is -2.63. The molecule has 0 saturated carbocycles. The molecule has 0 N–H and O–H groups in total. The third-order valence-electron chi connectivity index (χ3n) is 5.80. The van der Waals surface area contributed by atoms with E-state index in [4.69, 9.17) is 0 Å². The van der Waals surface area contributed by atoms with E-state index in [9.17, 15) is 9.59 Å². The van der Waals surface area contributed by atoms with Gasteiger partial charge in [-0.1, -0.05) is 31.6 Å². The minimum atomic E-state index is -0.209. The fourth-order valence-corrected chi connectivity index (χ4v) is 4.52. The minimum Gasteiger partial charge on any atom is -0.336 e. The number of hydrogen-bond acceptors (Lipinski definition) is 2. The van der Waals surface area contributed by atoms with Crippen molar-refractivity contribution in [3.05, 3.63) is 48.0 Å². The van der Waals surface area contributed by atoms with Gasteiger partial charge in [0.1, 0.15) is 0 Å². The number of piperidine rings is 2. The molecule has 1 aromatic rings. The van der Waals surface area contributed by atoms with Crippen LogP contribution in [0, 0.1) is 0 Å². The van der Waals surface area contributed by atoms with E-state index in [0.29, 0.717) is 19.5 Å². The normalized spacial score (nSPS) is 23.3. The van der Waals surface area contributed by atoms with Gasteiger partial charge in [0.15, 0.2) is 0 Å². The second-order valence-corrected chi connectivity index (χ2v) is 7.65. The fourth-order valence-electron chi connectivity index (χ4n) is 4.52. The molecule has 0 aromatic heterocycles. The van der Waals surface area contributed by atoms with Gasteiger partial charge in [-0.3, -0.25) is 9.59 Å². The van der Waals surface area contributed by atoms with Gasteiger partial charge in [-0.2, -0.15) is 0 Å². The van der Waals surface area contributed by atoms with E-state index >= 15 is 0 Å². The van der Waals surface area contributed by atoms with Gasteiger partial charge in [0, 0.05) is 31.6 Å². The van der Waals surface area contributed by atoms with Crippen LogP contribution >= 0.6 is 0 Å². The van der Waals surface area contributed by atoms with Gasteiger partial charge in [0.25, 0.3) is 5.91 Å². The number of carbonyl (C=O) groups is 2. The molecule has 2 amide bonds. The highest BCUT2D eigenvalue weighted by atomic mass is 16.2. The van der Waals surface area contributed by atoms with Gasteiger partial charge < -0.3 is 9.80 Å². The smallest absolute Gasteiger partial charge is 0.253 e. The van der Waals surface area contributed by atoms with Crippen molar-refractivity contribution in [1.29, 1.82) is 0 Å². The maximum absolute atomic E-state index is 13.0. The highest BCUT2D eigenvalue weighted by molar-refractivity contribution is 5.94. The van der Waals surface area contributed by atoms with Gasteiger partial charge in [-0.05, 0) is 49.8 Å². The lowest BCUT2D eigenvalue weighted by molar-refractivity contribution is -0.143. The summed E-state index contributed by atoms with van der Waals surface area (Å²) in [5.41, 5.74) is 1.81. The third kappa shape index (κ3) is 3.69. The Kier molecular flexibility index (Phi) is 5.80. The van der Waals surface area contributed by atoms with Gasteiger partial charge in [-0.15, -0.1) is 6.58 Å². The monoisotopic (exact) mass is 354 g/mol. The van der Waals surface area contributed by atoms with Gasteiger partial charge >= 0.3 is 0 Å². The summed E-state index contributed by atoms with van der Waals surface area (Å²) < 4.78 is 0. The topological polar surface area (TPSA) is 40.6 Å². The van der Waals surface area contributed by atoms with Gasteiger partial charge in [0.2, 0.25) is 5.91 Å². The summed E-state index contributed by atoms with van der Waals surface area (Å²) in [6.45, 7) is 7.97. The van der Waals surface area contributed by atoms with Crippen molar-refractivity contribution < 1.29 is 9.59 Å². The summed E-state index contributed by atoms with van der Waals surface area (Å²) in [5, 5.41) is 0. The van der Waals surface area contributed by atoms with Crippen LogP contribution in [0.5, 0.6) is 0 Å². The zero-order valence-corrected chi connectivity index (χ0v) is 15.9. The molecule has 1 atom stereocenters. The predicted octanol–water partition coefficient (Wildman–Crippen LogP) is 3.81. The molecule has 1 spiro atoms. The minimum absolute atomic E-state index is 0.0868. The highest BCUT2D eigenvalue weighted by Crippen LogP contribution is 2.37. The van der Waals surface area contributed by atoms with Crippen LogP contribution in [0.1, 0.15) is 61.4 Å². The van der Waals surface area contributed by atoms with E-state index in [1.54, 1.807) is 6.08 Å². The quantitative estimate of drug-likeness (QED) is 0.755. The van der Waals surface area contributed by atoms with Crippen LogP contribution in [0.25, 0.3) is 0 Å². The van der Waals surface area contributed by atoms with E-state index < -0.39 is 0 Å². The van der Waals surface area contributed by atoms with Gasteiger partial charge in [0.05, 0.1) is 5.54 Å². The van der Waals surface area contributed by atoms with Crippen LogP contribution < -0.4 is 0 Å². The number of aryl methyl sites for hydroxylation is 1. The maximum atomic E-state index is 13.0. The molecule has 2 aliphatic rings. The predicted molar refractivity (Wildman–Crippen MR) is 104 cm³/mol. The molecule has 2 aliphatic heterocycles. The van der Waals surface area contributed by atoms with Crippen molar-refractivity contribution in [2.75, 3.05) is 19.6 Å². The summed E-state index contributed by atoms with van der Waals surface area (Å²) >= 11 is 0. The molecule has 0 aliphatic carbocycles. The van der Waals surface area contributed by atoms with Crippen molar-refractivity contribution >= 4 is 11.8 Å². The van der Waals surface area contributed by atoms with E-state index in [1.807, 2.05) is 21.9 Å². The summed E-state index contributed by atoms with van der Waals surface area (Å²) in [6, 6.07) is 8.01. The van der Waals surface area contributed by atoms with Crippen molar-refractivity contribution in [2.45, 2.75) is 57.4 Å². The number of likely N-dealkylation sites (tertiary alicyclic amines) is 2. The molecule has 2 heterocycles. The largest absolute Gasteiger partial charge is 0.336 e. The Labute approximate surface area is 156 Å². The number of rotatable bonds is 5. The highest BCUT2D eigenvalue weighted by Gasteiger charge is 2.45. The standard InChI is InChI=1S/C22H30N2O2/c1-3-7-18-9-11-19(12-10-18)21(26)23-16-6-14-22(17-23)13-5-8-20(25)24(22)15-4-2/h4,9-12H,2-3,5-8,13-17H2,1H3/t22-/m0/s1. The average Bonchev–Trinajstić information content (AvgIpc) is 2.65. The molecule has 0 unspecified atom stereocenters. The first-order valence-corrected chi connectivity index (χ1v) is 9.89. The summed E-state index contributed by atoms with van der Waals surface area (Å²) in [4.78, 5) is 29.5. The van der Waals surface area contributed by atoms with Crippen molar-refractivity contribution in [2.24, 2.45) is 0 Å². The average molecular weight is 354 g/mol. The van der Waals surface area contributed by atoms with E-state index in [1.165, 1.54) is 5.56 Å². The Hall–Kier alpha value is -2.10. The molecule has 4 nitrogen and oxygen atoms in total. The Morgan fingerprint density at radius 2 is 1.96 bits per heavy atom. The Morgan fingerprint density at radius 3 is 2.65 bits per heavy atom. The Bertz CT molecular complexity index is 663. The van der Waals surface area contributed by atoms with E-state index in [-0.39, 0.29) is 17.4 Å². The first-order valence-electron chi connectivity index (χ1n) is 9.89. The number of hydrogen-bond donors (Lipinski definition) is 0. The Balaban J connectivity index is 1.77. The number of amides is 2. The summed E-state index contributed by atoms with van der Waals surface area (Å²) in [5.74, 6) is 0.290. The summed E-state index contributed by atoms with van der Waals surface area (Å²) in [6.07, 6.45) is 8.38. The Morgan fingerprint density at radius 1 is 1.23 bits per heavy atom. The number of carbonyl (C=O) groups excluding carboxylic acids is 2. The number of benzene rings is 1. The van der Waals surface area contributed by atoms with E-state index in [2.05, 4.69) is 25.6 Å². The zero-order valence-electron chi connectivity index (χ0n) is 15.9. The SMILES string of the molecule is C=CCN1C(=O)CCC[C@@]12CCCN(C(=O)c1ccc(CCC)cc1)C2. The lowest BCUT2D eigenvalue weighted by Gasteiger charge is -2.52. The molecule has 0 bridgehead atoms. The van der Waals surface area contributed by atoms with Crippen LogP contribution in [0.3, 0.4) is 0 Å². The van der Waals surface area contributed by atoms with Crippen LogP contribution in [-0.2, 0) is 11.2 Å². The van der Waals surface area contributed by atoms with Crippen LogP contribution in [0.15, 0.2) is 36.9 Å². The maximum Gasteiger partial charge on any atom is 0.253 e. The van der Waals surface area contributed by atoms with Gasteiger partial charge in [-0.25, -0.2) is 0 Å². The van der Waals surface area contributed by atoms with Crippen molar-refractivity contribution in [1.82, 2.24) is 9.80 Å².